The first-order valence-corrected chi connectivity index (χ1v) is 7.39. The molecule has 0 aliphatic carbocycles. The molecule has 4 rings (SSSR count). The van der Waals surface area contributed by atoms with Gasteiger partial charge in [0.05, 0.1) is 19.7 Å². The Morgan fingerprint density at radius 1 is 1.38 bits per heavy atom. The fourth-order valence-corrected chi connectivity index (χ4v) is 3.14. The highest BCUT2D eigenvalue weighted by Gasteiger charge is 2.24. The molecule has 3 heterocycles. The van der Waals surface area contributed by atoms with E-state index in [-0.39, 0.29) is 11.8 Å². The Kier molecular flexibility index (Phi) is 3.12. The van der Waals surface area contributed by atoms with Crippen LogP contribution in [0, 0.1) is 0 Å². The lowest BCUT2D eigenvalue weighted by Gasteiger charge is -2.25. The Morgan fingerprint density at radius 2 is 2.29 bits per heavy atom. The van der Waals surface area contributed by atoms with Gasteiger partial charge in [-0.2, -0.15) is 5.10 Å². The molecule has 1 unspecified atom stereocenters. The second-order valence-corrected chi connectivity index (χ2v) is 5.52. The molecule has 1 aromatic heterocycles. The maximum Gasteiger partial charge on any atom is 0.346 e. The van der Waals surface area contributed by atoms with Crippen LogP contribution in [-0.2, 0) is 30.8 Å². The average Bonchev–Trinajstić information content (AvgIpc) is 2.85. The molecule has 0 spiro atoms. The van der Waals surface area contributed by atoms with E-state index >= 15 is 0 Å². The van der Waals surface area contributed by atoms with Gasteiger partial charge in [0.2, 0.25) is 0 Å². The summed E-state index contributed by atoms with van der Waals surface area (Å²) in [5, 5.41) is 7.68. The molecule has 0 saturated carbocycles. The Bertz CT molecular complexity index is 719. The maximum absolute atomic E-state index is 12.4. The number of nitrogens with zero attached hydrogens (tertiary/aromatic N) is 3. The molecule has 1 N–H and O–H groups in total. The van der Waals surface area contributed by atoms with Gasteiger partial charge in [0.15, 0.2) is 0 Å². The summed E-state index contributed by atoms with van der Waals surface area (Å²) in [5.41, 5.74) is 2.46. The Morgan fingerprint density at radius 3 is 3.19 bits per heavy atom. The van der Waals surface area contributed by atoms with Crippen LogP contribution in [0.4, 0.5) is 0 Å². The van der Waals surface area contributed by atoms with Crippen molar-refractivity contribution in [3.05, 3.63) is 51.7 Å². The number of nitrogens with one attached hydrogen (secondary N) is 1. The molecule has 0 bridgehead atoms. The van der Waals surface area contributed by atoms with Crippen molar-refractivity contribution in [2.45, 2.75) is 32.2 Å². The summed E-state index contributed by atoms with van der Waals surface area (Å²) in [6.45, 7) is 3.35. The second kappa shape index (κ2) is 5.13. The molecule has 21 heavy (non-hydrogen) atoms. The summed E-state index contributed by atoms with van der Waals surface area (Å²) in [6, 6.07) is 8.29. The fraction of sp³-hybridized carbons (Fsp3) is 0.467. The zero-order valence-electron chi connectivity index (χ0n) is 11.8. The zero-order valence-corrected chi connectivity index (χ0v) is 11.8. The average molecular weight is 286 g/mol. The minimum Gasteiger partial charge on any atom is -0.371 e. The number of rotatable bonds is 2. The van der Waals surface area contributed by atoms with Crippen LogP contribution < -0.4 is 11.0 Å². The van der Waals surface area contributed by atoms with E-state index < -0.39 is 0 Å². The van der Waals surface area contributed by atoms with Gasteiger partial charge in [-0.05, 0) is 17.5 Å². The van der Waals surface area contributed by atoms with Crippen LogP contribution in [0.2, 0.25) is 0 Å². The third-order valence-corrected chi connectivity index (χ3v) is 4.23. The van der Waals surface area contributed by atoms with E-state index in [9.17, 15) is 4.79 Å². The topological polar surface area (TPSA) is 61.1 Å². The normalized spacial score (nSPS) is 20.9. The largest absolute Gasteiger partial charge is 0.371 e. The van der Waals surface area contributed by atoms with Gasteiger partial charge in [0, 0.05) is 13.1 Å². The molecular weight excluding hydrogens is 268 g/mol. The van der Waals surface area contributed by atoms with E-state index in [0.29, 0.717) is 26.2 Å². The molecule has 6 nitrogen and oxygen atoms in total. The third-order valence-electron chi connectivity index (χ3n) is 4.23. The van der Waals surface area contributed by atoms with Crippen molar-refractivity contribution in [3.63, 3.8) is 0 Å². The van der Waals surface area contributed by atoms with Gasteiger partial charge in [-0.15, -0.1) is 0 Å². The zero-order chi connectivity index (χ0) is 14.2. The predicted molar refractivity (Wildman–Crippen MR) is 77.0 cm³/mol. The number of ether oxygens (including phenoxy) is 1. The third kappa shape index (κ3) is 2.20. The van der Waals surface area contributed by atoms with E-state index in [1.807, 2.05) is 12.1 Å². The minimum atomic E-state index is -0.0856. The summed E-state index contributed by atoms with van der Waals surface area (Å²) in [6.07, 6.45) is 0.850. The van der Waals surface area contributed by atoms with Gasteiger partial charge in [-0.25, -0.2) is 9.48 Å². The van der Waals surface area contributed by atoms with Gasteiger partial charge in [0.25, 0.3) is 0 Å². The van der Waals surface area contributed by atoms with Gasteiger partial charge in [-0.3, -0.25) is 4.57 Å². The summed E-state index contributed by atoms with van der Waals surface area (Å²) in [5.74, 6) is 0.815. The lowest BCUT2D eigenvalue weighted by Crippen LogP contribution is -2.35. The highest BCUT2D eigenvalue weighted by Crippen LogP contribution is 2.27. The molecule has 0 fully saturated rings. The van der Waals surface area contributed by atoms with Crippen molar-refractivity contribution < 1.29 is 4.74 Å². The Labute approximate surface area is 122 Å². The standard InChI is InChI=1S/C15H18N4O2/c20-15-18-7-6-16-9-14(18)17-19(15)10-13-12-4-2-1-3-11(12)5-8-21-13/h1-4,13,16H,5-10H2. The SMILES string of the molecule is O=c1n(CC2OCCc3ccccc32)nc2n1CCNC2. The van der Waals surface area contributed by atoms with Crippen LogP contribution in [0.15, 0.2) is 29.1 Å². The molecular formula is C15H18N4O2. The molecule has 2 aliphatic heterocycles. The smallest absolute Gasteiger partial charge is 0.346 e. The molecule has 110 valence electrons. The monoisotopic (exact) mass is 286 g/mol. The van der Waals surface area contributed by atoms with Crippen LogP contribution in [0.25, 0.3) is 0 Å². The first-order valence-electron chi connectivity index (χ1n) is 7.39. The van der Waals surface area contributed by atoms with Crippen molar-refractivity contribution in [2.75, 3.05) is 13.2 Å². The predicted octanol–water partition coefficient (Wildman–Crippen LogP) is 0.462. The van der Waals surface area contributed by atoms with E-state index in [1.165, 1.54) is 11.1 Å². The summed E-state index contributed by atoms with van der Waals surface area (Å²) < 4.78 is 9.18. The van der Waals surface area contributed by atoms with Crippen LogP contribution >= 0.6 is 0 Å². The van der Waals surface area contributed by atoms with Gasteiger partial charge in [0.1, 0.15) is 11.9 Å². The van der Waals surface area contributed by atoms with Gasteiger partial charge in [-0.1, -0.05) is 24.3 Å². The number of hydrogen-bond donors (Lipinski definition) is 1. The van der Waals surface area contributed by atoms with Crippen LogP contribution in [0.1, 0.15) is 23.1 Å². The first kappa shape index (κ1) is 12.8. The second-order valence-electron chi connectivity index (χ2n) is 5.52. The molecule has 0 amide bonds. The Balaban J connectivity index is 1.66. The van der Waals surface area contributed by atoms with Crippen molar-refractivity contribution in [2.24, 2.45) is 0 Å². The van der Waals surface area contributed by atoms with Crippen molar-refractivity contribution in [1.29, 1.82) is 0 Å². The molecule has 2 aromatic rings. The van der Waals surface area contributed by atoms with Crippen LogP contribution in [0.5, 0.6) is 0 Å². The van der Waals surface area contributed by atoms with Crippen LogP contribution in [-0.4, -0.2) is 27.5 Å². The van der Waals surface area contributed by atoms with Crippen molar-refractivity contribution >= 4 is 0 Å². The van der Waals surface area contributed by atoms with Crippen molar-refractivity contribution in [3.8, 4) is 0 Å². The lowest BCUT2D eigenvalue weighted by atomic mass is 9.98. The molecule has 0 radical (unpaired) electrons. The van der Waals surface area contributed by atoms with E-state index in [0.717, 1.165) is 18.8 Å². The highest BCUT2D eigenvalue weighted by molar-refractivity contribution is 5.30. The minimum absolute atomic E-state index is 0.0295. The van der Waals surface area contributed by atoms with Gasteiger partial charge >= 0.3 is 5.69 Å². The Hall–Kier alpha value is -1.92. The van der Waals surface area contributed by atoms with Crippen LogP contribution in [0.3, 0.4) is 0 Å². The summed E-state index contributed by atoms with van der Waals surface area (Å²) >= 11 is 0. The molecule has 1 aromatic carbocycles. The van der Waals surface area contributed by atoms with E-state index in [1.54, 1.807) is 9.25 Å². The molecule has 6 heteroatoms. The number of aromatic nitrogens is 3. The van der Waals surface area contributed by atoms with Crippen molar-refractivity contribution in [1.82, 2.24) is 19.7 Å². The van der Waals surface area contributed by atoms with E-state index in [2.05, 4.69) is 22.5 Å². The summed E-state index contributed by atoms with van der Waals surface area (Å²) in [4.78, 5) is 12.4. The first-order chi connectivity index (χ1) is 10.3. The maximum atomic E-state index is 12.4. The van der Waals surface area contributed by atoms with Gasteiger partial charge < -0.3 is 10.1 Å². The summed E-state index contributed by atoms with van der Waals surface area (Å²) in [7, 11) is 0. The fourth-order valence-electron chi connectivity index (χ4n) is 3.14. The number of hydrogen-bond acceptors (Lipinski definition) is 4. The lowest BCUT2D eigenvalue weighted by molar-refractivity contribution is 0.0274. The molecule has 2 aliphatic rings. The van der Waals surface area contributed by atoms with E-state index in [4.69, 9.17) is 4.74 Å². The highest BCUT2D eigenvalue weighted by atomic mass is 16.5. The quantitative estimate of drug-likeness (QED) is 0.871. The number of benzene rings is 1. The number of fused-ring (bicyclic) bond motifs is 2. The molecule has 0 saturated heterocycles. The molecule has 1 atom stereocenters.